The molecule has 2 rings (SSSR count). The van der Waals surface area contributed by atoms with E-state index in [4.69, 9.17) is 4.74 Å². The Balaban J connectivity index is 1.89. The van der Waals surface area contributed by atoms with Gasteiger partial charge in [-0.3, -0.25) is 0 Å². The summed E-state index contributed by atoms with van der Waals surface area (Å²) in [4.78, 5) is 0. The van der Waals surface area contributed by atoms with Crippen LogP contribution in [0.15, 0.2) is 6.33 Å². The third-order valence-electron chi connectivity index (χ3n) is 2.91. The van der Waals surface area contributed by atoms with Crippen molar-refractivity contribution in [2.75, 3.05) is 13.1 Å². The normalized spacial score (nSPS) is 26.8. The third-order valence-corrected chi connectivity index (χ3v) is 2.91. The van der Waals surface area contributed by atoms with Crippen molar-refractivity contribution in [2.45, 2.75) is 32.0 Å². The van der Waals surface area contributed by atoms with Gasteiger partial charge in [0.05, 0.1) is 5.60 Å². The molecule has 2 heterocycles. The van der Waals surface area contributed by atoms with Gasteiger partial charge in [0.25, 0.3) is 0 Å². The lowest BCUT2D eigenvalue weighted by molar-refractivity contribution is -0.0603. The van der Waals surface area contributed by atoms with E-state index in [1.54, 1.807) is 6.33 Å². The zero-order valence-electron chi connectivity index (χ0n) is 9.36. The lowest BCUT2D eigenvalue weighted by Crippen LogP contribution is -2.45. The van der Waals surface area contributed by atoms with Gasteiger partial charge in [-0.25, -0.2) is 0 Å². The van der Waals surface area contributed by atoms with E-state index in [1.807, 2.05) is 11.6 Å². The number of piperidine rings is 1. The standard InChI is InChI=1S/C10H18N4O/c1-10(4-3-5-11-7-10)15-6-9-13-12-8-14(9)2/h8,11H,3-7H2,1-2H3. The predicted molar refractivity (Wildman–Crippen MR) is 56.3 cm³/mol. The molecule has 0 aliphatic carbocycles. The topological polar surface area (TPSA) is 52.0 Å². The highest BCUT2D eigenvalue weighted by molar-refractivity contribution is 4.86. The number of nitrogens with one attached hydrogen (secondary N) is 1. The van der Waals surface area contributed by atoms with E-state index < -0.39 is 0 Å². The van der Waals surface area contributed by atoms with Crippen LogP contribution in [0.3, 0.4) is 0 Å². The molecule has 1 atom stereocenters. The molecule has 0 aromatic carbocycles. The molecule has 84 valence electrons. The quantitative estimate of drug-likeness (QED) is 0.788. The first-order valence-electron chi connectivity index (χ1n) is 5.37. The number of rotatable bonds is 3. The Bertz CT molecular complexity index is 317. The van der Waals surface area contributed by atoms with Crippen molar-refractivity contribution >= 4 is 0 Å². The fourth-order valence-corrected chi connectivity index (χ4v) is 1.83. The van der Waals surface area contributed by atoms with Crippen LogP contribution in [-0.4, -0.2) is 33.5 Å². The van der Waals surface area contributed by atoms with Gasteiger partial charge in [0.1, 0.15) is 12.9 Å². The third kappa shape index (κ3) is 2.54. The first-order chi connectivity index (χ1) is 7.20. The van der Waals surface area contributed by atoms with E-state index in [9.17, 15) is 0 Å². The van der Waals surface area contributed by atoms with Crippen molar-refractivity contribution in [2.24, 2.45) is 7.05 Å². The average Bonchev–Trinajstić information content (AvgIpc) is 2.62. The molecule has 5 nitrogen and oxygen atoms in total. The van der Waals surface area contributed by atoms with Crippen LogP contribution in [0, 0.1) is 0 Å². The van der Waals surface area contributed by atoms with Crippen LogP contribution >= 0.6 is 0 Å². The Labute approximate surface area is 89.8 Å². The first kappa shape index (κ1) is 10.6. The minimum Gasteiger partial charge on any atom is -0.366 e. The zero-order chi connectivity index (χ0) is 10.7. The monoisotopic (exact) mass is 210 g/mol. The molecule has 0 spiro atoms. The summed E-state index contributed by atoms with van der Waals surface area (Å²) in [6.45, 7) is 4.71. The number of aryl methyl sites for hydroxylation is 1. The van der Waals surface area contributed by atoms with E-state index >= 15 is 0 Å². The van der Waals surface area contributed by atoms with Crippen molar-refractivity contribution < 1.29 is 4.74 Å². The van der Waals surface area contributed by atoms with E-state index in [1.165, 1.54) is 6.42 Å². The molecule has 0 saturated carbocycles. The Morgan fingerprint density at radius 1 is 1.67 bits per heavy atom. The van der Waals surface area contributed by atoms with Crippen LogP contribution in [-0.2, 0) is 18.4 Å². The van der Waals surface area contributed by atoms with Gasteiger partial charge >= 0.3 is 0 Å². The number of aromatic nitrogens is 3. The molecule has 1 aromatic heterocycles. The highest BCUT2D eigenvalue weighted by Crippen LogP contribution is 2.21. The van der Waals surface area contributed by atoms with Crippen molar-refractivity contribution in [3.8, 4) is 0 Å². The second-order valence-electron chi connectivity index (χ2n) is 4.38. The van der Waals surface area contributed by atoms with Crippen molar-refractivity contribution in [3.63, 3.8) is 0 Å². The molecule has 1 aliphatic rings. The molecular weight excluding hydrogens is 192 g/mol. The number of nitrogens with zero attached hydrogens (tertiary/aromatic N) is 3. The van der Waals surface area contributed by atoms with Gasteiger partial charge in [-0.15, -0.1) is 10.2 Å². The highest BCUT2D eigenvalue weighted by atomic mass is 16.5. The van der Waals surface area contributed by atoms with E-state index in [2.05, 4.69) is 22.4 Å². The van der Waals surface area contributed by atoms with Gasteiger partial charge in [0, 0.05) is 13.6 Å². The second-order valence-corrected chi connectivity index (χ2v) is 4.38. The maximum atomic E-state index is 5.91. The second kappa shape index (κ2) is 4.28. The number of ether oxygens (including phenoxy) is 1. The molecule has 1 unspecified atom stereocenters. The van der Waals surface area contributed by atoms with E-state index in [0.29, 0.717) is 6.61 Å². The van der Waals surface area contributed by atoms with Gasteiger partial charge in [-0.2, -0.15) is 0 Å². The van der Waals surface area contributed by atoms with Crippen molar-refractivity contribution in [3.05, 3.63) is 12.2 Å². The summed E-state index contributed by atoms with van der Waals surface area (Å²) in [5.41, 5.74) is -0.0514. The molecule has 1 aromatic rings. The smallest absolute Gasteiger partial charge is 0.158 e. The lowest BCUT2D eigenvalue weighted by Gasteiger charge is -2.33. The molecule has 1 aliphatic heterocycles. The molecule has 1 N–H and O–H groups in total. The minimum absolute atomic E-state index is 0.0514. The van der Waals surface area contributed by atoms with Crippen molar-refractivity contribution in [1.29, 1.82) is 0 Å². The van der Waals surface area contributed by atoms with E-state index in [0.717, 1.165) is 25.3 Å². The SMILES string of the molecule is Cn1cnnc1COC1(C)CCCNC1. The number of hydrogen-bond acceptors (Lipinski definition) is 4. The van der Waals surface area contributed by atoms with Crippen LogP contribution in [0.25, 0.3) is 0 Å². The van der Waals surface area contributed by atoms with Crippen LogP contribution < -0.4 is 5.32 Å². The predicted octanol–water partition coefficient (Wildman–Crippen LogP) is 0.474. The first-order valence-corrected chi connectivity index (χ1v) is 5.37. The molecule has 5 heteroatoms. The lowest BCUT2D eigenvalue weighted by atomic mass is 9.96. The fourth-order valence-electron chi connectivity index (χ4n) is 1.83. The van der Waals surface area contributed by atoms with Crippen LogP contribution in [0.1, 0.15) is 25.6 Å². The Hall–Kier alpha value is -0.940. The number of hydrogen-bond donors (Lipinski definition) is 1. The largest absolute Gasteiger partial charge is 0.366 e. The van der Waals surface area contributed by atoms with Gasteiger partial charge in [0.15, 0.2) is 5.82 Å². The summed E-state index contributed by atoms with van der Waals surface area (Å²) in [6.07, 6.45) is 3.98. The van der Waals surface area contributed by atoms with Gasteiger partial charge in [0.2, 0.25) is 0 Å². The summed E-state index contributed by atoms with van der Waals surface area (Å²) in [7, 11) is 1.93. The molecule has 0 bridgehead atoms. The van der Waals surface area contributed by atoms with Crippen LogP contribution in [0.4, 0.5) is 0 Å². The zero-order valence-corrected chi connectivity index (χ0v) is 9.36. The minimum atomic E-state index is -0.0514. The van der Waals surface area contributed by atoms with Crippen LogP contribution in [0.2, 0.25) is 0 Å². The molecular formula is C10H18N4O. The Kier molecular flexibility index (Phi) is 3.02. The molecule has 0 amide bonds. The summed E-state index contributed by atoms with van der Waals surface area (Å²) in [6, 6.07) is 0. The molecule has 0 radical (unpaired) electrons. The highest BCUT2D eigenvalue weighted by Gasteiger charge is 2.27. The Morgan fingerprint density at radius 2 is 2.53 bits per heavy atom. The van der Waals surface area contributed by atoms with Gasteiger partial charge in [-0.05, 0) is 26.3 Å². The summed E-state index contributed by atoms with van der Waals surface area (Å²) < 4.78 is 7.80. The average molecular weight is 210 g/mol. The van der Waals surface area contributed by atoms with Crippen molar-refractivity contribution in [1.82, 2.24) is 20.1 Å². The van der Waals surface area contributed by atoms with Gasteiger partial charge in [-0.1, -0.05) is 0 Å². The molecule has 1 fully saturated rings. The summed E-state index contributed by atoms with van der Waals surface area (Å²) in [5, 5.41) is 11.2. The maximum absolute atomic E-state index is 5.91. The Morgan fingerprint density at radius 3 is 3.13 bits per heavy atom. The summed E-state index contributed by atoms with van der Waals surface area (Å²) >= 11 is 0. The summed E-state index contributed by atoms with van der Waals surface area (Å²) in [5.74, 6) is 0.877. The van der Waals surface area contributed by atoms with E-state index in [-0.39, 0.29) is 5.60 Å². The fraction of sp³-hybridized carbons (Fsp3) is 0.800. The maximum Gasteiger partial charge on any atom is 0.158 e. The van der Waals surface area contributed by atoms with Crippen LogP contribution in [0.5, 0.6) is 0 Å². The molecule has 1 saturated heterocycles. The molecule has 15 heavy (non-hydrogen) atoms. The van der Waals surface area contributed by atoms with Gasteiger partial charge < -0.3 is 14.6 Å².